The number of primary amides is 2. The number of aromatic nitrogens is 9. The van der Waals surface area contributed by atoms with Gasteiger partial charge in [0.2, 0.25) is 17.8 Å². The number of aryl methyl sites for hydroxylation is 4. The number of aliphatic hydroxyl groups is 1. The van der Waals surface area contributed by atoms with Crippen molar-refractivity contribution >= 4 is 62.6 Å². The van der Waals surface area contributed by atoms with E-state index in [0.29, 0.717) is 81.1 Å². The van der Waals surface area contributed by atoms with Gasteiger partial charge in [0, 0.05) is 67.3 Å². The number of aliphatic hydroxyl groups excluding tert-OH is 1. The van der Waals surface area contributed by atoms with Crippen LogP contribution in [0.4, 0.5) is 5.95 Å². The highest BCUT2D eigenvalue weighted by atomic mass is 16.5. The smallest absolute Gasteiger partial charge is 0.305 e. The highest BCUT2D eigenvalue weighted by Crippen LogP contribution is 2.37. The number of nitrogens with one attached hydrogen (secondary N) is 1. The first-order valence-corrected chi connectivity index (χ1v) is 22.1. The van der Waals surface area contributed by atoms with Gasteiger partial charge in [-0.2, -0.15) is 10.2 Å². The Morgan fingerprint density at radius 2 is 1.37 bits per heavy atom. The maximum absolute atomic E-state index is 13.8. The summed E-state index contributed by atoms with van der Waals surface area (Å²) in [5.74, 6) is -1.58. The van der Waals surface area contributed by atoms with E-state index in [9.17, 15) is 24.3 Å². The molecule has 2 aromatic carbocycles. The van der Waals surface area contributed by atoms with Gasteiger partial charge in [0.15, 0.2) is 5.82 Å². The largest absolute Gasteiger partial charge is 0.491 e. The van der Waals surface area contributed by atoms with E-state index in [1.165, 1.54) is 12.1 Å². The Labute approximate surface area is 389 Å². The molecule has 3 amide bonds. The number of anilines is 1. The van der Waals surface area contributed by atoms with E-state index in [-0.39, 0.29) is 88.6 Å². The molecule has 0 unspecified atom stereocenters. The van der Waals surface area contributed by atoms with Crippen LogP contribution in [0.15, 0.2) is 54.7 Å². The van der Waals surface area contributed by atoms with E-state index in [1.54, 1.807) is 40.6 Å². The van der Waals surface area contributed by atoms with Crippen molar-refractivity contribution in [1.29, 1.82) is 0 Å². The zero-order valence-electron chi connectivity index (χ0n) is 38.2. The van der Waals surface area contributed by atoms with Gasteiger partial charge < -0.3 is 49.8 Å². The molecule has 0 saturated carbocycles. The van der Waals surface area contributed by atoms with Crippen molar-refractivity contribution in [3.8, 4) is 23.0 Å². The van der Waals surface area contributed by atoms with Crippen LogP contribution in [0.3, 0.4) is 0 Å². The van der Waals surface area contributed by atoms with Crippen molar-refractivity contribution in [2.24, 2.45) is 11.5 Å². The van der Waals surface area contributed by atoms with Gasteiger partial charge in [0.05, 0.1) is 61.9 Å². The van der Waals surface area contributed by atoms with Crippen LogP contribution in [0.25, 0.3) is 44.5 Å². The van der Waals surface area contributed by atoms with Crippen molar-refractivity contribution < 1.29 is 48.3 Å². The molecule has 5 aromatic heterocycles. The fourth-order valence-electron chi connectivity index (χ4n) is 7.68. The topological polar surface area (TPSA) is 294 Å². The molecule has 0 atom stereocenters. The van der Waals surface area contributed by atoms with E-state index in [2.05, 4.69) is 15.5 Å². The number of aliphatic carboxylic acids is 1. The highest BCUT2D eigenvalue weighted by molar-refractivity contribution is 6.12. The van der Waals surface area contributed by atoms with Gasteiger partial charge >= 0.3 is 5.97 Å². The molecule has 7 aromatic rings. The van der Waals surface area contributed by atoms with Gasteiger partial charge in [-0.25, -0.2) is 15.0 Å². The number of ether oxygens (including phenoxy) is 4. The molecule has 0 aliphatic rings. The van der Waals surface area contributed by atoms with E-state index in [4.69, 9.17) is 50.5 Å². The Kier molecular flexibility index (Phi) is 15.4. The summed E-state index contributed by atoms with van der Waals surface area (Å²) >= 11 is 0. The van der Waals surface area contributed by atoms with Gasteiger partial charge in [0.1, 0.15) is 40.7 Å². The molecule has 7 rings (SSSR count). The summed E-state index contributed by atoms with van der Waals surface area (Å²) in [6.07, 6.45) is 5.67. The Bertz CT molecular complexity index is 3020. The van der Waals surface area contributed by atoms with Crippen LogP contribution in [0.1, 0.15) is 69.3 Å². The first-order valence-electron chi connectivity index (χ1n) is 22.1. The van der Waals surface area contributed by atoms with Gasteiger partial charge in [-0.1, -0.05) is 12.2 Å². The quantitative estimate of drug-likeness (QED) is 0.0400. The van der Waals surface area contributed by atoms with Crippen molar-refractivity contribution in [2.45, 2.75) is 66.7 Å². The lowest BCUT2D eigenvalue weighted by atomic mass is 10.1. The van der Waals surface area contributed by atoms with Crippen molar-refractivity contribution in [1.82, 2.24) is 43.6 Å². The first kappa shape index (κ1) is 48.2. The maximum atomic E-state index is 13.8. The number of benzene rings is 2. The maximum Gasteiger partial charge on any atom is 0.305 e. The fraction of sp³-hybridized carbons (Fsp3) is 0.370. The molecule has 0 saturated heterocycles. The highest BCUT2D eigenvalue weighted by Gasteiger charge is 2.24. The molecule has 5 heterocycles. The average molecular weight is 935 g/mol. The molecular formula is C46H54N12O10. The van der Waals surface area contributed by atoms with Gasteiger partial charge in [0.25, 0.3) is 5.91 Å². The summed E-state index contributed by atoms with van der Waals surface area (Å²) in [7, 11) is 0. The zero-order chi connectivity index (χ0) is 48.5. The number of carbonyl (C=O) groups is 4. The van der Waals surface area contributed by atoms with E-state index >= 15 is 0 Å². The summed E-state index contributed by atoms with van der Waals surface area (Å²) < 4.78 is 30.5. The third kappa shape index (κ3) is 10.8. The number of allylic oxidation sites excluding steroid dienone is 2. The summed E-state index contributed by atoms with van der Waals surface area (Å²) in [6.45, 7) is 9.64. The predicted octanol–water partition coefficient (Wildman–Crippen LogP) is 4.01. The minimum absolute atomic E-state index is 0.0678. The number of amides is 3. The number of rotatable bonds is 25. The van der Waals surface area contributed by atoms with Crippen molar-refractivity contribution in [2.75, 3.05) is 51.6 Å². The number of imidazole rings is 1. The lowest BCUT2D eigenvalue weighted by Crippen LogP contribution is -2.20. The number of carbonyl (C=O) groups excluding carboxylic acids is 3. The molecule has 0 aliphatic carbocycles. The second-order valence-electron chi connectivity index (χ2n) is 15.6. The average Bonchev–Trinajstić information content (AvgIpc) is 4.07. The van der Waals surface area contributed by atoms with Gasteiger partial charge in [-0.05, 0) is 64.1 Å². The number of carboxylic acid groups (broad SMARTS) is 1. The summed E-state index contributed by atoms with van der Waals surface area (Å²) in [6, 6.07) is 9.87. The van der Waals surface area contributed by atoms with E-state index < -0.39 is 23.7 Å². The lowest BCUT2D eigenvalue weighted by Gasteiger charge is -2.13. The monoisotopic (exact) mass is 934 g/mol. The summed E-state index contributed by atoms with van der Waals surface area (Å²) in [5.41, 5.74) is 16.3. The standard InChI is InChI=1S/C46H54N12O10/c1-5-57-34(20-27(3)53-57)43-49-26-32-31-22-29(41(47)62)24-36(68-19-18-66-17-16-65-15-10-38(60)61)39(31)55(44(32)51-43)11-7-8-12-56-40-33(23-30(42(48)63)25-37(40)67-14-9-13-59)50-46(56)52-45(64)35-21-28(4)54-58(35)6-2/h7-8,20-26,59H,5-6,9-19H2,1-4H3,(H2,47,62)(H2,48,63)(H,60,61)(H,50,52,64)/b8-7+. The second kappa shape index (κ2) is 21.7. The third-order valence-corrected chi connectivity index (χ3v) is 10.7. The predicted molar refractivity (Wildman–Crippen MR) is 250 cm³/mol. The SMILES string of the molecule is CCn1nc(C)cc1C(=O)Nc1nc2cc(C(N)=O)cc(OCCCO)c2n1C/C=C/Cn1c2nc(-c3cc(C)nn3CC)ncc2c2cc(C(N)=O)cc(OCCOCCOCCC(=O)O)c21. The Balaban J connectivity index is 1.28. The van der Waals surface area contributed by atoms with Crippen LogP contribution in [0.5, 0.6) is 11.5 Å². The lowest BCUT2D eigenvalue weighted by molar-refractivity contribution is -0.138. The number of hydrogen-bond acceptors (Lipinski definition) is 14. The number of nitrogens with two attached hydrogens (primary N) is 2. The molecule has 68 heavy (non-hydrogen) atoms. The van der Waals surface area contributed by atoms with Crippen LogP contribution in [0, 0.1) is 13.8 Å². The Morgan fingerprint density at radius 1 is 0.735 bits per heavy atom. The zero-order valence-corrected chi connectivity index (χ0v) is 38.2. The van der Waals surface area contributed by atoms with Crippen molar-refractivity contribution in [3.05, 3.63) is 83.0 Å². The minimum Gasteiger partial charge on any atom is -0.491 e. The number of fused-ring (bicyclic) bond motifs is 4. The van der Waals surface area contributed by atoms with Crippen molar-refractivity contribution in [3.63, 3.8) is 0 Å². The molecule has 0 bridgehead atoms. The van der Waals surface area contributed by atoms with Gasteiger partial charge in [-0.3, -0.25) is 33.9 Å². The minimum atomic E-state index is -0.952. The van der Waals surface area contributed by atoms with Gasteiger partial charge in [-0.15, -0.1) is 0 Å². The normalized spacial score (nSPS) is 11.7. The summed E-state index contributed by atoms with van der Waals surface area (Å²) in [4.78, 5) is 64.3. The number of hydrogen-bond donors (Lipinski definition) is 5. The molecular weight excluding hydrogens is 881 g/mol. The van der Waals surface area contributed by atoms with Crippen LogP contribution in [-0.2, 0) is 40.4 Å². The summed E-state index contributed by atoms with van der Waals surface area (Å²) in [5, 5.41) is 31.6. The number of carboxylic acids is 1. The van der Waals surface area contributed by atoms with E-state index in [0.717, 1.165) is 5.69 Å². The van der Waals surface area contributed by atoms with Crippen LogP contribution in [-0.4, -0.2) is 124 Å². The molecule has 0 radical (unpaired) electrons. The molecule has 0 spiro atoms. The fourth-order valence-corrected chi connectivity index (χ4v) is 7.68. The molecule has 0 aliphatic heterocycles. The van der Waals surface area contributed by atoms with E-state index in [1.807, 2.05) is 48.2 Å². The van der Waals surface area contributed by atoms with Crippen LogP contribution in [0.2, 0.25) is 0 Å². The van der Waals surface area contributed by atoms with Crippen LogP contribution >= 0.6 is 0 Å². The first-order chi connectivity index (χ1) is 32.8. The third-order valence-electron chi connectivity index (χ3n) is 10.7. The Hall–Kier alpha value is -7.69. The number of nitrogens with zero attached hydrogens (tertiary/aromatic N) is 9. The molecule has 22 nitrogen and oxygen atoms in total. The molecule has 358 valence electrons. The Morgan fingerprint density at radius 3 is 2.06 bits per heavy atom. The molecule has 7 N–H and O–H groups in total. The molecule has 22 heteroatoms. The second-order valence-corrected chi connectivity index (χ2v) is 15.6. The van der Waals surface area contributed by atoms with Crippen LogP contribution < -0.4 is 26.3 Å². The molecule has 0 fully saturated rings.